The maximum absolute atomic E-state index is 10.9. The molecule has 3 heterocycles. The van der Waals surface area contributed by atoms with Crippen molar-refractivity contribution in [2.75, 3.05) is 4.90 Å². The Morgan fingerprint density at radius 1 is 1.00 bits per heavy atom. The van der Waals surface area contributed by atoms with Gasteiger partial charge in [-0.25, -0.2) is 0 Å². The standard InChI is InChI=1S/C27H25N5O2S2/c1-18(2)30-17-5-7-24(30)26-25(23-6-3-4-16-28-23)29-27(35)31(26)19-8-12-21(13-9-19)36-22-14-10-20(11-15-22)32(33)34/h3-18,25-26H,1-2H3,(H,29,35)/t25-,26-/m1/s1. The zero-order chi connectivity index (χ0) is 25.2. The number of anilines is 1. The van der Waals surface area contributed by atoms with E-state index in [0.717, 1.165) is 26.9 Å². The van der Waals surface area contributed by atoms with Crippen molar-refractivity contribution >= 4 is 40.5 Å². The number of rotatable bonds is 7. The fraction of sp³-hybridized carbons (Fsp3) is 0.185. The predicted octanol–water partition coefficient (Wildman–Crippen LogP) is 6.70. The first-order chi connectivity index (χ1) is 17.4. The Labute approximate surface area is 219 Å². The van der Waals surface area contributed by atoms with Gasteiger partial charge in [-0.3, -0.25) is 15.1 Å². The number of aromatic nitrogens is 2. The minimum Gasteiger partial charge on any atom is -0.351 e. The fourth-order valence-electron chi connectivity index (χ4n) is 4.51. The second-order valence-corrected chi connectivity index (χ2v) is 10.3. The van der Waals surface area contributed by atoms with Crippen molar-refractivity contribution in [1.29, 1.82) is 0 Å². The molecule has 1 saturated heterocycles. The van der Waals surface area contributed by atoms with Gasteiger partial charge < -0.3 is 14.8 Å². The third-order valence-corrected chi connectivity index (χ3v) is 7.50. The highest BCUT2D eigenvalue weighted by Crippen LogP contribution is 2.42. The molecule has 2 atom stereocenters. The summed E-state index contributed by atoms with van der Waals surface area (Å²) >= 11 is 7.41. The summed E-state index contributed by atoms with van der Waals surface area (Å²) in [5.41, 5.74) is 3.18. The third-order valence-electron chi connectivity index (χ3n) is 6.17. The van der Waals surface area contributed by atoms with E-state index in [1.807, 2.05) is 24.4 Å². The molecule has 1 aliphatic rings. The van der Waals surface area contributed by atoms with Crippen molar-refractivity contribution in [3.63, 3.8) is 0 Å². The van der Waals surface area contributed by atoms with Crippen LogP contribution in [0.25, 0.3) is 0 Å². The van der Waals surface area contributed by atoms with E-state index in [0.29, 0.717) is 11.2 Å². The zero-order valence-corrected chi connectivity index (χ0v) is 21.4. The molecule has 36 heavy (non-hydrogen) atoms. The Morgan fingerprint density at radius 3 is 2.31 bits per heavy atom. The maximum Gasteiger partial charge on any atom is 0.269 e. The molecule has 9 heteroatoms. The molecule has 0 aliphatic carbocycles. The number of nitrogens with zero attached hydrogens (tertiary/aromatic N) is 4. The number of nitrogens with one attached hydrogen (secondary N) is 1. The van der Waals surface area contributed by atoms with Crippen molar-refractivity contribution in [3.8, 4) is 0 Å². The van der Waals surface area contributed by atoms with Crippen LogP contribution in [-0.4, -0.2) is 19.6 Å². The maximum atomic E-state index is 10.9. The summed E-state index contributed by atoms with van der Waals surface area (Å²) in [5.74, 6) is 0. The molecule has 0 spiro atoms. The normalized spacial score (nSPS) is 17.4. The van der Waals surface area contributed by atoms with Crippen LogP contribution in [0, 0.1) is 10.1 Å². The van der Waals surface area contributed by atoms with Gasteiger partial charge in [-0.1, -0.05) is 17.8 Å². The van der Waals surface area contributed by atoms with Gasteiger partial charge >= 0.3 is 0 Å². The Kier molecular flexibility index (Phi) is 6.75. The van der Waals surface area contributed by atoms with E-state index < -0.39 is 0 Å². The van der Waals surface area contributed by atoms with Gasteiger partial charge in [0.1, 0.15) is 6.04 Å². The smallest absolute Gasteiger partial charge is 0.269 e. The van der Waals surface area contributed by atoms with E-state index >= 15 is 0 Å². The number of thiocarbonyl (C=S) groups is 1. The molecule has 0 unspecified atom stereocenters. The van der Waals surface area contributed by atoms with Crippen molar-refractivity contribution < 1.29 is 4.92 Å². The van der Waals surface area contributed by atoms with Gasteiger partial charge in [0.25, 0.3) is 5.69 Å². The number of benzene rings is 2. The van der Waals surface area contributed by atoms with Gasteiger partial charge in [-0.05, 0) is 86.7 Å². The summed E-state index contributed by atoms with van der Waals surface area (Å²) in [7, 11) is 0. The highest BCUT2D eigenvalue weighted by Gasteiger charge is 2.42. The van der Waals surface area contributed by atoms with Crippen molar-refractivity contribution in [2.45, 2.75) is 41.8 Å². The van der Waals surface area contributed by atoms with Crippen LogP contribution < -0.4 is 10.2 Å². The lowest BCUT2D eigenvalue weighted by atomic mass is 10.0. The van der Waals surface area contributed by atoms with Crippen LogP contribution in [0.5, 0.6) is 0 Å². The second kappa shape index (κ2) is 10.1. The summed E-state index contributed by atoms with van der Waals surface area (Å²) in [6.45, 7) is 4.35. The van der Waals surface area contributed by atoms with E-state index in [4.69, 9.17) is 12.2 Å². The minimum atomic E-state index is -0.388. The van der Waals surface area contributed by atoms with Gasteiger partial charge in [0.2, 0.25) is 0 Å². The molecule has 7 nitrogen and oxygen atoms in total. The molecule has 182 valence electrons. The summed E-state index contributed by atoms with van der Waals surface area (Å²) in [4.78, 5) is 19.3. The lowest BCUT2D eigenvalue weighted by molar-refractivity contribution is -0.384. The molecule has 2 aromatic carbocycles. The molecular weight excluding hydrogens is 490 g/mol. The molecule has 0 saturated carbocycles. The fourth-order valence-corrected chi connectivity index (χ4v) is 5.67. The Morgan fingerprint density at radius 2 is 1.69 bits per heavy atom. The number of nitro groups is 1. The molecule has 5 rings (SSSR count). The SMILES string of the molecule is CC(C)n1cccc1[C@@H]1[C@@H](c2ccccn2)NC(=S)N1c1ccc(Sc2ccc([N+](=O)[O-])cc2)cc1. The molecule has 1 fully saturated rings. The monoisotopic (exact) mass is 515 g/mol. The lowest BCUT2D eigenvalue weighted by Crippen LogP contribution is -2.30. The number of pyridine rings is 1. The summed E-state index contributed by atoms with van der Waals surface area (Å²) in [5, 5.41) is 15.1. The first-order valence-electron chi connectivity index (χ1n) is 11.6. The van der Waals surface area contributed by atoms with Gasteiger partial charge in [0.05, 0.1) is 16.7 Å². The summed E-state index contributed by atoms with van der Waals surface area (Å²) < 4.78 is 2.28. The van der Waals surface area contributed by atoms with Gasteiger partial charge in [-0.15, -0.1) is 0 Å². The lowest BCUT2D eigenvalue weighted by Gasteiger charge is -2.30. The molecule has 1 aliphatic heterocycles. The molecule has 0 amide bonds. The van der Waals surface area contributed by atoms with Crippen LogP contribution in [0.4, 0.5) is 11.4 Å². The van der Waals surface area contributed by atoms with Crippen LogP contribution in [-0.2, 0) is 0 Å². The first kappa shape index (κ1) is 24.0. The van der Waals surface area contributed by atoms with E-state index in [2.05, 4.69) is 76.2 Å². The number of non-ortho nitro benzene ring substituents is 1. The quantitative estimate of drug-likeness (QED) is 0.167. The average molecular weight is 516 g/mol. The van der Waals surface area contributed by atoms with Crippen molar-refractivity contribution in [3.05, 3.63) is 113 Å². The summed E-state index contributed by atoms with van der Waals surface area (Å²) in [6.07, 6.45) is 3.92. The molecule has 4 aromatic rings. The number of hydrogen-bond acceptors (Lipinski definition) is 5. The topological polar surface area (TPSA) is 76.2 Å². The van der Waals surface area contributed by atoms with Gasteiger partial charge in [-0.2, -0.15) is 0 Å². The molecule has 1 N–H and O–H groups in total. The highest BCUT2D eigenvalue weighted by atomic mass is 32.2. The van der Waals surface area contributed by atoms with Crippen LogP contribution in [0.3, 0.4) is 0 Å². The zero-order valence-electron chi connectivity index (χ0n) is 19.8. The highest BCUT2D eigenvalue weighted by molar-refractivity contribution is 7.99. The summed E-state index contributed by atoms with van der Waals surface area (Å²) in [6, 6.07) is 25.1. The Hall–Kier alpha value is -3.69. The van der Waals surface area contributed by atoms with E-state index in [9.17, 15) is 10.1 Å². The predicted molar refractivity (Wildman–Crippen MR) is 146 cm³/mol. The molecule has 2 aromatic heterocycles. The molecular formula is C27H25N5O2S2. The van der Waals surface area contributed by atoms with Crippen molar-refractivity contribution in [1.82, 2.24) is 14.9 Å². The van der Waals surface area contributed by atoms with Crippen LogP contribution in [0.15, 0.2) is 101 Å². The Balaban J connectivity index is 1.46. The third kappa shape index (κ3) is 4.72. The number of nitro benzene ring substituents is 1. The second-order valence-electron chi connectivity index (χ2n) is 8.78. The van der Waals surface area contributed by atoms with Gasteiger partial charge in [0, 0.05) is 51.7 Å². The van der Waals surface area contributed by atoms with E-state index in [-0.39, 0.29) is 22.7 Å². The van der Waals surface area contributed by atoms with Crippen molar-refractivity contribution in [2.24, 2.45) is 0 Å². The molecule has 0 radical (unpaired) electrons. The van der Waals surface area contributed by atoms with Crippen LogP contribution in [0.2, 0.25) is 0 Å². The van der Waals surface area contributed by atoms with Gasteiger partial charge in [0.15, 0.2) is 5.11 Å². The first-order valence-corrected chi connectivity index (χ1v) is 12.8. The molecule has 0 bridgehead atoms. The van der Waals surface area contributed by atoms with Crippen LogP contribution >= 0.6 is 24.0 Å². The minimum absolute atomic E-state index is 0.0713. The van der Waals surface area contributed by atoms with E-state index in [1.165, 1.54) is 12.1 Å². The Bertz CT molecular complexity index is 1370. The average Bonchev–Trinajstić information content (AvgIpc) is 3.50. The number of hydrogen-bond donors (Lipinski definition) is 1. The largest absolute Gasteiger partial charge is 0.351 e. The van der Waals surface area contributed by atoms with E-state index in [1.54, 1.807) is 23.9 Å². The van der Waals surface area contributed by atoms with Crippen LogP contribution in [0.1, 0.15) is 43.4 Å².